The minimum Gasteiger partial charge on any atom is -0.480 e. The Morgan fingerprint density at radius 1 is 1.06 bits per heavy atom. The molecule has 6 nitrogen and oxygen atoms in total. The van der Waals surface area contributed by atoms with Crippen molar-refractivity contribution in [1.82, 2.24) is 19.5 Å². The van der Waals surface area contributed by atoms with Gasteiger partial charge in [-0.2, -0.15) is 18.3 Å². The number of likely N-dealkylation sites (N-methyl/N-ethyl adjacent to an activating group) is 1. The molecule has 0 spiro atoms. The molecule has 0 amide bonds. The molecule has 1 atom stereocenters. The molecule has 0 radical (unpaired) electrons. The van der Waals surface area contributed by atoms with Crippen LogP contribution >= 0.6 is 0 Å². The first-order valence-corrected chi connectivity index (χ1v) is 11.0. The third-order valence-electron chi connectivity index (χ3n) is 6.00. The number of halogens is 3. The summed E-state index contributed by atoms with van der Waals surface area (Å²) in [4.78, 5) is 17.5. The Labute approximate surface area is 200 Å². The van der Waals surface area contributed by atoms with E-state index in [9.17, 15) is 23.1 Å². The summed E-state index contributed by atoms with van der Waals surface area (Å²) in [5.41, 5.74) is 2.34. The number of carboxylic acid groups (broad SMARTS) is 1. The van der Waals surface area contributed by atoms with Gasteiger partial charge in [-0.05, 0) is 42.8 Å². The summed E-state index contributed by atoms with van der Waals surface area (Å²) in [7, 11) is 1.76. The van der Waals surface area contributed by atoms with E-state index in [-0.39, 0.29) is 6.54 Å². The first kappa shape index (κ1) is 24.4. The number of aliphatic carboxylic acids is 1. The third-order valence-corrected chi connectivity index (χ3v) is 6.00. The van der Waals surface area contributed by atoms with Crippen LogP contribution in [0.25, 0.3) is 16.8 Å². The molecular formula is C26H25F3N4O2. The highest BCUT2D eigenvalue weighted by Gasteiger charge is 2.33. The topological polar surface area (TPSA) is 70.7 Å². The fourth-order valence-corrected chi connectivity index (χ4v) is 4.55. The van der Waals surface area contributed by atoms with Crippen LogP contribution in [-0.4, -0.2) is 50.7 Å². The van der Waals surface area contributed by atoms with Crippen LogP contribution in [0.15, 0.2) is 73.1 Å². The number of carboxylic acids is 1. The summed E-state index contributed by atoms with van der Waals surface area (Å²) in [5.74, 6) is -0.918. The summed E-state index contributed by atoms with van der Waals surface area (Å²) in [6, 6.07) is 16.7. The maximum Gasteiger partial charge on any atom is 0.416 e. The molecule has 4 aromatic rings. The SMILES string of the molecule is CN(CC(=O)O)CC(C)(Cc1ccccc1)c1ccnc2c(-c3ccc(C(F)(F)F)cc3)cnn12. The van der Waals surface area contributed by atoms with Gasteiger partial charge in [0.15, 0.2) is 5.65 Å². The van der Waals surface area contributed by atoms with Gasteiger partial charge in [0.1, 0.15) is 0 Å². The first-order valence-electron chi connectivity index (χ1n) is 11.0. The van der Waals surface area contributed by atoms with Crippen molar-refractivity contribution in [3.63, 3.8) is 0 Å². The van der Waals surface area contributed by atoms with Gasteiger partial charge in [-0.15, -0.1) is 0 Å². The number of hydrogen-bond acceptors (Lipinski definition) is 4. The first-order chi connectivity index (χ1) is 16.6. The molecule has 0 aliphatic heterocycles. The third kappa shape index (κ3) is 5.35. The van der Waals surface area contributed by atoms with Gasteiger partial charge in [0, 0.05) is 23.7 Å². The molecule has 0 aliphatic carbocycles. The van der Waals surface area contributed by atoms with Gasteiger partial charge in [0.2, 0.25) is 0 Å². The molecule has 0 saturated heterocycles. The largest absolute Gasteiger partial charge is 0.480 e. The lowest BCUT2D eigenvalue weighted by molar-refractivity contribution is -0.138. The monoisotopic (exact) mass is 482 g/mol. The molecule has 4 rings (SSSR count). The maximum atomic E-state index is 13.0. The number of hydrogen-bond donors (Lipinski definition) is 1. The molecule has 0 bridgehead atoms. The molecule has 182 valence electrons. The minimum absolute atomic E-state index is 0.117. The number of carbonyl (C=O) groups is 1. The molecule has 1 N–H and O–H groups in total. The van der Waals surface area contributed by atoms with Gasteiger partial charge in [0.05, 0.1) is 24.0 Å². The second-order valence-electron chi connectivity index (χ2n) is 8.99. The number of benzene rings is 2. The van der Waals surface area contributed by atoms with E-state index in [2.05, 4.69) is 10.1 Å². The molecule has 0 saturated carbocycles. The van der Waals surface area contributed by atoms with Crippen molar-refractivity contribution in [2.75, 3.05) is 20.1 Å². The molecule has 2 aromatic carbocycles. The lowest BCUT2D eigenvalue weighted by Gasteiger charge is -2.34. The highest BCUT2D eigenvalue weighted by atomic mass is 19.4. The Bertz CT molecular complexity index is 1320. The number of rotatable bonds is 8. The smallest absolute Gasteiger partial charge is 0.416 e. The lowest BCUT2D eigenvalue weighted by atomic mass is 9.79. The summed E-state index contributed by atoms with van der Waals surface area (Å²) in [6.07, 6.45) is -0.544. The molecule has 1 unspecified atom stereocenters. The van der Waals surface area contributed by atoms with Gasteiger partial charge in [-0.1, -0.05) is 49.4 Å². The number of aromatic nitrogens is 3. The van der Waals surface area contributed by atoms with E-state index in [0.29, 0.717) is 29.7 Å². The fourth-order valence-electron chi connectivity index (χ4n) is 4.55. The normalized spacial score (nSPS) is 13.8. The van der Waals surface area contributed by atoms with E-state index < -0.39 is 23.1 Å². The van der Waals surface area contributed by atoms with Crippen LogP contribution < -0.4 is 0 Å². The van der Waals surface area contributed by atoms with Crippen LogP contribution in [0.5, 0.6) is 0 Å². The Balaban J connectivity index is 1.78. The number of fused-ring (bicyclic) bond motifs is 1. The van der Waals surface area contributed by atoms with Crippen LogP contribution in [-0.2, 0) is 22.8 Å². The minimum atomic E-state index is -4.41. The number of nitrogens with zero attached hydrogens (tertiary/aromatic N) is 4. The summed E-state index contributed by atoms with van der Waals surface area (Å²) >= 11 is 0. The number of alkyl halides is 3. The second-order valence-corrected chi connectivity index (χ2v) is 8.99. The van der Waals surface area contributed by atoms with Crippen LogP contribution in [0.4, 0.5) is 13.2 Å². The van der Waals surface area contributed by atoms with E-state index in [1.807, 2.05) is 43.3 Å². The fraction of sp³-hybridized carbons (Fsp3) is 0.269. The van der Waals surface area contributed by atoms with Crippen molar-refractivity contribution in [2.24, 2.45) is 0 Å². The quantitative estimate of drug-likeness (QED) is 0.386. The lowest BCUT2D eigenvalue weighted by Crippen LogP contribution is -2.42. The van der Waals surface area contributed by atoms with Gasteiger partial charge >= 0.3 is 12.1 Å². The van der Waals surface area contributed by atoms with E-state index in [0.717, 1.165) is 23.4 Å². The van der Waals surface area contributed by atoms with Crippen LogP contribution in [0, 0.1) is 0 Å². The van der Waals surface area contributed by atoms with Crippen molar-refractivity contribution in [3.05, 3.63) is 89.9 Å². The van der Waals surface area contributed by atoms with Gasteiger partial charge in [-0.3, -0.25) is 9.69 Å². The second kappa shape index (κ2) is 9.50. The van der Waals surface area contributed by atoms with Gasteiger partial charge < -0.3 is 5.11 Å². The van der Waals surface area contributed by atoms with E-state index in [4.69, 9.17) is 0 Å². The Morgan fingerprint density at radius 3 is 2.37 bits per heavy atom. The Hall–Kier alpha value is -3.72. The van der Waals surface area contributed by atoms with Crippen molar-refractivity contribution >= 4 is 11.6 Å². The average molecular weight is 483 g/mol. The molecule has 2 heterocycles. The molecule has 2 aromatic heterocycles. The summed E-state index contributed by atoms with van der Waals surface area (Å²) in [5, 5.41) is 13.8. The van der Waals surface area contributed by atoms with Crippen LogP contribution in [0.2, 0.25) is 0 Å². The standard InChI is InChI=1S/C26H25F3N4O2/c1-25(17-32(2)16-23(34)35,14-18-6-4-3-5-7-18)22-12-13-30-24-21(15-31-33(22)24)19-8-10-20(11-9-19)26(27,28)29/h3-13,15H,14,16-17H2,1-2H3,(H,34,35). The maximum absolute atomic E-state index is 13.0. The van der Waals surface area contributed by atoms with Crippen molar-refractivity contribution in [1.29, 1.82) is 0 Å². The highest BCUT2D eigenvalue weighted by Crippen LogP contribution is 2.34. The molecule has 35 heavy (non-hydrogen) atoms. The average Bonchev–Trinajstić information content (AvgIpc) is 3.22. The van der Waals surface area contributed by atoms with E-state index in [1.54, 1.807) is 28.9 Å². The van der Waals surface area contributed by atoms with Crippen LogP contribution in [0.3, 0.4) is 0 Å². The van der Waals surface area contributed by atoms with Crippen molar-refractivity contribution in [2.45, 2.75) is 24.9 Å². The zero-order valence-electron chi connectivity index (χ0n) is 19.3. The molecule has 9 heteroatoms. The highest BCUT2D eigenvalue weighted by molar-refractivity contribution is 5.77. The van der Waals surface area contributed by atoms with E-state index >= 15 is 0 Å². The van der Waals surface area contributed by atoms with Gasteiger partial charge in [-0.25, -0.2) is 9.50 Å². The summed E-state index contributed by atoms with van der Waals surface area (Å²) in [6.45, 7) is 2.36. The van der Waals surface area contributed by atoms with Gasteiger partial charge in [0.25, 0.3) is 0 Å². The van der Waals surface area contributed by atoms with Crippen LogP contribution in [0.1, 0.15) is 23.7 Å². The van der Waals surface area contributed by atoms with E-state index in [1.165, 1.54) is 12.1 Å². The zero-order valence-corrected chi connectivity index (χ0v) is 19.3. The van der Waals surface area contributed by atoms with Crippen molar-refractivity contribution in [3.8, 4) is 11.1 Å². The summed E-state index contributed by atoms with van der Waals surface area (Å²) < 4.78 is 40.7. The predicted molar refractivity (Wildman–Crippen MR) is 126 cm³/mol. The zero-order chi connectivity index (χ0) is 25.2. The Morgan fingerprint density at radius 2 is 1.74 bits per heavy atom. The molecular weight excluding hydrogens is 457 g/mol. The molecule has 0 fully saturated rings. The predicted octanol–water partition coefficient (Wildman–Crippen LogP) is 4.93. The molecule has 0 aliphatic rings. The van der Waals surface area contributed by atoms with Crippen molar-refractivity contribution < 1.29 is 23.1 Å². The Kier molecular flexibility index (Phi) is 6.62.